The Morgan fingerprint density at radius 3 is 2.67 bits per heavy atom. The molecule has 2 aromatic rings. The molecule has 2 aromatic carbocycles. The van der Waals surface area contributed by atoms with E-state index in [1.54, 1.807) is 18.2 Å². The summed E-state index contributed by atoms with van der Waals surface area (Å²) in [5.41, 5.74) is 5.40. The van der Waals surface area contributed by atoms with Gasteiger partial charge in [-0.2, -0.15) is 0 Å². The zero-order valence-electron chi connectivity index (χ0n) is 15.4. The minimum absolute atomic E-state index is 0.00511. The van der Waals surface area contributed by atoms with Gasteiger partial charge in [0.25, 0.3) is 0 Å². The molecular formula is C19H23N6O2-. The van der Waals surface area contributed by atoms with E-state index in [4.69, 9.17) is 0 Å². The molecule has 0 atom stereocenters. The molecule has 27 heavy (non-hydrogen) atoms. The SMILES string of the molecule is CN(C)CCNC(=O)Cc1ccc(NC2=Nc3ccccc3N([O-])N2)cc1. The first kappa shape index (κ1) is 18.7. The summed E-state index contributed by atoms with van der Waals surface area (Å²) in [7, 11) is 3.93. The fourth-order valence-electron chi connectivity index (χ4n) is 2.60. The summed E-state index contributed by atoms with van der Waals surface area (Å²) in [6, 6.07) is 14.5. The molecule has 1 aliphatic heterocycles. The zero-order chi connectivity index (χ0) is 19.2. The van der Waals surface area contributed by atoms with Gasteiger partial charge in [-0.3, -0.25) is 10.2 Å². The molecular weight excluding hydrogens is 344 g/mol. The molecule has 0 unspecified atom stereocenters. The monoisotopic (exact) mass is 367 g/mol. The highest BCUT2D eigenvalue weighted by molar-refractivity contribution is 5.99. The molecule has 8 nitrogen and oxygen atoms in total. The van der Waals surface area contributed by atoms with Gasteiger partial charge in [0.05, 0.1) is 17.8 Å². The van der Waals surface area contributed by atoms with E-state index in [0.717, 1.165) is 17.8 Å². The van der Waals surface area contributed by atoms with Crippen molar-refractivity contribution in [2.75, 3.05) is 37.7 Å². The number of para-hydroxylation sites is 2. The van der Waals surface area contributed by atoms with Crippen LogP contribution in [0.4, 0.5) is 17.1 Å². The van der Waals surface area contributed by atoms with Gasteiger partial charge in [-0.1, -0.05) is 24.3 Å². The van der Waals surface area contributed by atoms with Crippen molar-refractivity contribution >= 4 is 28.9 Å². The summed E-state index contributed by atoms with van der Waals surface area (Å²) >= 11 is 0. The van der Waals surface area contributed by atoms with Crippen LogP contribution >= 0.6 is 0 Å². The standard InChI is InChI=1S/C19H23N6O2/c1-24(2)12-11-20-18(26)13-14-7-9-15(10-8-14)21-19-22-16-5-3-4-6-17(16)25(27)23-19/h3-10H,11-13H2,1-2H3,(H,20,26)(H2,21,22,23)/q-1. The van der Waals surface area contributed by atoms with Gasteiger partial charge in [-0.05, 0) is 43.9 Å². The number of carbonyl (C=O) groups excluding carboxylic acids is 1. The van der Waals surface area contributed by atoms with Crippen LogP contribution in [-0.4, -0.2) is 44.0 Å². The van der Waals surface area contributed by atoms with E-state index in [1.807, 2.05) is 49.3 Å². The molecule has 1 heterocycles. The molecule has 0 fully saturated rings. The maximum Gasteiger partial charge on any atom is 0.224 e. The Hall–Kier alpha value is -3.10. The molecule has 8 heteroatoms. The van der Waals surface area contributed by atoms with E-state index < -0.39 is 0 Å². The Bertz CT molecular complexity index is 819. The van der Waals surface area contributed by atoms with Crippen LogP contribution in [0.5, 0.6) is 0 Å². The molecule has 0 aliphatic carbocycles. The highest BCUT2D eigenvalue weighted by Gasteiger charge is 2.12. The third-order valence-corrected chi connectivity index (χ3v) is 4.00. The summed E-state index contributed by atoms with van der Waals surface area (Å²) < 4.78 is 0. The second-order valence-corrected chi connectivity index (χ2v) is 6.51. The van der Waals surface area contributed by atoms with Crippen molar-refractivity contribution in [3.8, 4) is 0 Å². The highest BCUT2D eigenvalue weighted by atomic mass is 16.5. The van der Waals surface area contributed by atoms with Crippen LogP contribution in [0.1, 0.15) is 5.56 Å². The fourth-order valence-corrected chi connectivity index (χ4v) is 2.60. The lowest BCUT2D eigenvalue weighted by atomic mass is 10.1. The van der Waals surface area contributed by atoms with Crippen LogP contribution in [-0.2, 0) is 11.2 Å². The van der Waals surface area contributed by atoms with Crippen LogP contribution in [0.3, 0.4) is 0 Å². The number of hydrogen-bond donors (Lipinski definition) is 3. The minimum Gasteiger partial charge on any atom is -0.739 e. The van der Waals surface area contributed by atoms with Gasteiger partial charge >= 0.3 is 0 Å². The van der Waals surface area contributed by atoms with Crippen LogP contribution in [0.25, 0.3) is 0 Å². The van der Waals surface area contributed by atoms with E-state index in [-0.39, 0.29) is 5.91 Å². The van der Waals surface area contributed by atoms with E-state index in [0.29, 0.717) is 35.5 Å². The number of anilines is 2. The quantitative estimate of drug-likeness (QED) is 0.721. The smallest absolute Gasteiger partial charge is 0.224 e. The number of fused-ring (bicyclic) bond motifs is 1. The Balaban J connectivity index is 1.57. The zero-order valence-corrected chi connectivity index (χ0v) is 15.4. The topological polar surface area (TPSA) is 95.1 Å². The van der Waals surface area contributed by atoms with Crippen molar-refractivity contribution in [3.05, 3.63) is 59.3 Å². The number of likely N-dealkylation sites (N-methyl/N-ethyl adjacent to an activating group) is 1. The molecule has 3 rings (SSSR count). The average molecular weight is 367 g/mol. The lowest BCUT2D eigenvalue weighted by molar-refractivity contribution is -0.120. The predicted octanol–water partition coefficient (Wildman–Crippen LogP) is 1.83. The van der Waals surface area contributed by atoms with E-state index in [2.05, 4.69) is 21.1 Å². The number of nitrogens with zero attached hydrogens (tertiary/aromatic N) is 3. The maximum atomic E-state index is 12.0. The van der Waals surface area contributed by atoms with Crippen LogP contribution in [0.2, 0.25) is 0 Å². The highest BCUT2D eigenvalue weighted by Crippen LogP contribution is 2.29. The Morgan fingerprint density at radius 1 is 1.19 bits per heavy atom. The maximum absolute atomic E-state index is 12.0. The van der Waals surface area contributed by atoms with E-state index in [1.165, 1.54) is 0 Å². The second-order valence-electron chi connectivity index (χ2n) is 6.51. The minimum atomic E-state index is -0.00511. The molecule has 3 N–H and O–H groups in total. The number of amides is 1. The number of guanidine groups is 1. The van der Waals surface area contributed by atoms with Gasteiger partial charge in [0.1, 0.15) is 0 Å². The molecule has 0 aromatic heterocycles. The number of benzene rings is 2. The van der Waals surface area contributed by atoms with Gasteiger partial charge < -0.3 is 25.9 Å². The third-order valence-electron chi connectivity index (χ3n) is 4.00. The van der Waals surface area contributed by atoms with Crippen LogP contribution in [0, 0.1) is 5.21 Å². The van der Waals surface area contributed by atoms with Crippen molar-refractivity contribution in [2.45, 2.75) is 6.42 Å². The molecule has 1 amide bonds. The van der Waals surface area contributed by atoms with Gasteiger partial charge in [0.2, 0.25) is 11.9 Å². The summed E-state index contributed by atoms with van der Waals surface area (Å²) in [5.74, 6) is 0.340. The van der Waals surface area contributed by atoms with Gasteiger partial charge in [-0.15, -0.1) is 0 Å². The van der Waals surface area contributed by atoms with Gasteiger partial charge in [-0.25, -0.2) is 4.99 Å². The fraction of sp³-hybridized carbons (Fsp3) is 0.263. The van der Waals surface area contributed by atoms with Gasteiger partial charge in [0.15, 0.2) is 0 Å². The molecule has 0 spiro atoms. The second kappa shape index (κ2) is 8.52. The summed E-state index contributed by atoms with van der Waals surface area (Å²) in [4.78, 5) is 18.3. The predicted molar refractivity (Wildman–Crippen MR) is 108 cm³/mol. The van der Waals surface area contributed by atoms with Crippen molar-refractivity contribution < 1.29 is 4.79 Å². The van der Waals surface area contributed by atoms with Crippen LogP contribution in [0.15, 0.2) is 53.5 Å². The summed E-state index contributed by atoms with van der Waals surface area (Å²) in [6.45, 7) is 1.44. The average Bonchev–Trinajstić information content (AvgIpc) is 2.63. The Kier molecular flexibility index (Phi) is 5.90. The lowest BCUT2D eigenvalue weighted by Crippen LogP contribution is -2.44. The number of nitrogens with one attached hydrogen (secondary N) is 3. The molecule has 0 saturated heterocycles. The normalized spacial score (nSPS) is 12.9. The van der Waals surface area contributed by atoms with E-state index >= 15 is 0 Å². The first-order valence-electron chi connectivity index (χ1n) is 8.70. The molecule has 142 valence electrons. The number of aliphatic imine (C=N–C) groups is 1. The van der Waals surface area contributed by atoms with E-state index in [9.17, 15) is 10.0 Å². The summed E-state index contributed by atoms with van der Waals surface area (Å²) in [6.07, 6.45) is 0.328. The lowest BCUT2D eigenvalue weighted by Gasteiger charge is -2.36. The Labute approximate surface area is 158 Å². The largest absolute Gasteiger partial charge is 0.739 e. The van der Waals surface area contributed by atoms with Crippen LogP contribution < -0.4 is 21.2 Å². The van der Waals surface area contributed by atoms with Crippen molar-refractivity contribution in [2.24, 2.45) is 4.99 Å². The molecule has 1 aliphatic rings. The van der Waals surface area contributed by atoms with Crippen molar-refractivity contribution in [1.29, 1.82) is 0 Å². The third kappa shape index (κ3) is 5.19. The molecule has 0 bridgehead atoms. The van der Waals surface area contributed by atoms with Crippen molar-refractivity contribution in [1.82, 2.24) is 15.6 Å². The number of hydrazine groups is 1. The number of rotatable bonds is 6. The Morgan fingerprint density at radius 2 is 1.93 bits per heavy atom. The summed E-state index contributed by atoms with van der Waals surface area (Å²) in [5, 5.41) is 18.7. The van der Waals surface area contributed by atoms with Crippen molar-refractivity contribution in [3.63, 3.8) is 0 Å². The molecule has 0 radical (unpaired) electrons. The number of carbonyl (C=O) groups is 1. The first-order chi connectivity index (χ1) is 13.0. The molecule has 0 saturated carbocycles. The van der Waals surface area contributed by atoms with Gasteiger partial charge in [0, 0.05) is 18.8 Å². The first-order valence-corrected chi connectivity index (χ1v) is 8.70. The number of hydrogen-bond acceptors (Lipinski definition) is 7.